The number of likely N-dealkylation sites (tertiary alicyclic amines) is 1. The van der Waals surface area contributed by atoms with Gasteiger partial charge in [-0.15, -0.1) is 0 Å². The fourth-order valence-electron chi connectivity index (χ4n) is 4.52. The molecule has 5 rings (SSSR count). The zero-order valence-electron chi connectivity index (χ0n) is 19.0. The highest BCUT2D eigenvalue weighted by Crippen LogP contribution is 2.33. The maximum absolute atomic E-state index is 13.3. The van der Waals surface area contributed by atoms with Crippen molar-refractivity contribution in [1.29, 1.82) is 0 Å². The van der Waals surface area contributed by atoms with Gasteiger partial charge < -0.3 is 15.6 Å². The molecule has 3 N–H and O–H groups in total. The smallest absolute Gasteiger partial charge is 0.361 e. The second-order valence-electron chi connectivity index (χ2n) is 8.76. The third-order valence-corrected chi connectivity index (χ3v) is 6.32. The van der Waals surface area contributed by atoms with Crippen molar-refractivity contribution < 1.29 is 18.0 Å². The monoisotopic (exact) mass is 478 g/mol. The number of hydrogen-bond donors (Lipinski definition) is 3. The van der Waals surface area contributed by atoms with Crippen molar-refractivity contribution in [2.75, 3.05) is 23.7 Å². The summed E-state index contributed by atoms with van der Waals surface area (Å²) in [5, 5.41) is 6.45. The predicted octanol–water partition coefficient (Wildman–Crippen LogP) is 7.09. The quantitative estimate of drug-likeness (QED) is 0.287. The number of carbonyl (C=O) groups excluding carboxylic acids is 1. The van der Waals surface area contributed by atoms with Gasteiger partial charge in [0.15, 0.2) is 0 Å². The maximum atomic E-state index is 13.3. The van der Waals surface area contributed by atoms with Gasteiger partial charge in [-0.25, -0.2) is 4.79 Å². The number of benzene rings is 3. The van der Waals surface area contributed by atoms with Crippen molar-refractivity contribution in [2.45, 2.75) is 25.6 Å². The van der Waals surface area contributed by atoms with E-state index in [1.807, 2.05) is 42.6 Å². The molecule has 0 aliphatic carbocycles. The molecule has 0 bridgehead atoms. The Hall–Kier alpha value is -3.78. The average molecular weight is 479 g/mol. The molecule has 1 aliphatic rings. The van der Waals surface area contributed by atoms with E-state index in [9.17, 15) is 18.0 Å². The topological polar surface area (TPSA) is 60.2 Å². The maximum Gasteiger partial charge on any atom is 0.416 e. The number of aromatic nitrogens is 1. The molecule has 8 heteroatoms. The molecule has 3 aromatic carbocycles. The van der Waals surface area contributed by atoms with E-state index >= 15 is 0 Å². The van der Waals surface area contributed by atoms with Crippen molar-refractivity contribution in [2.24, 2.45) is 0 Å². The van der Waals surface area contributed by atoms with E-state index in [4.69, 9.17) is 0 Å². The first-order chi connectivity index (χ1) is 16.9. The zero-order chi connectivity index (χ0) is 24.4. The number of nitrogens with zero attached hydrogens (tertiary/aromatic N) is 1. The van der Waals surface area contributed by atoms with Crippen LogP contribution in [-0.4, -0.2) is 29.0 Å². The van der Waals surface area contributed by atoms with E-state index in [1.165, 1.54) is 6.07 Å². The minimum Gasteiger partial charge on any atom is -0.361 e. The average Bonchev–Trinajstić information content (AvgIpc) is 3.50. The van der Waals surface area contributed by atoms with Gasteiger partial charge in [0.1, 0.15) is 0 Å². The Morgan fingerprint density at radius 3 is 2.43 bits per heavy atom. The summed E-state index contributed by atoms with van der Waals surface area (Å²) in [6.45, 7) is 2.29. The minimum absolute atomic E-state index is 0.166. The van der Waals surface area contributed by atoms with Crippen LogP contribution in [0.1, 0.15) is 24.0 Å². The molecule has 2 amide bonds. The van der Waals surface area contributed by atoms with Crippen molar-refractivity contribution in [3.8, 4) is 11.1 Å². The Kier molecular flexibility index (Phi) is 6.21. The molecule has 1 aromatic heterocycles. The van der Waals surface area contributed by atoms with Gasteiger partial charge in [0.25, 0.3) is 0 Å². The van der Waals surface area contributed by atoms with Crippen LogP contribution in [0.3, 0.4) is 0 Å². The summed E-state index contributed by atoms with van der Waals surface area (Å²) in [6.07, 6.45) is -0.413. The molecule has 1 fully saturated rings. The number of halogens is 3. The van der Waals surface area contributed by atoms with Crippen molar-refractivity contribution in [3.05, 3.63) is 84.1 Å². The summed E-state index contributed by atoms with van der Waals surface area (Å²) in [4.78, 5) is 18.1. The number of rotatable bonds is 5. The highest BCUT2D eigenvalue weighted by molar-refractivity contribution is 6.01. The van der Waals surface area contributed by atoms with Gasteiger partial charge in [-0.05, 0) is 67.4 Å². The number of urea groups is 1. The van der Waals surface area contributed by atoms with Crippen LogP contribution in [0.15, 0.2) is 72.9 Å². The van der Waals surface area contributed by atoms with Crippen molar-refractivity contribution in [3.63, 3.8) is 0 Å². The Labute approximate surface area is 201 Å². The third kappa shape index (κ3) is 5.17. The Morgan fingerprint density at radius 2 is 1.69 bits per heavy atom. The molecule has 0 radical (unpaired) electrons. The molecule has 180 valence electrons. The third-order valence-electron chi connectivity index (χ3n) is 6.32. The number of anilines is 2. The largest absolute Gasteiger partial charge is 0.416 e. The van der Waals surface area contributed by atoms with E-state index in [0.717, 1.165) is 60.1 Å². The highest BCUT2D eigenvalue weighted by Gasteiger charge is 2.31. The normalized spacial score (nSPS) is 14.4. The molecule has 1 aliphatic heterocycles. The fourth-order valence-corrected chi connectivity index (χ4v) is 4.52. The standard InChI is InChI=1S/C27H25F3N4O/c28-27(29,30)20-10-7-19(17-34-13-3-4-14-34)25(15-20)33-26(35)32-21-11-8-18(9-12-21)23-16-31-24-6-2-1-5-22(23)24/h1-2,5-12,15-16,31H,3-4,13-14,17H2,(H2,32,33,35). The Bertz CT molecular complexity index is 1340. The molecular weight excluding hydrogens is 453 g/mol. The highest BCUT2D eigenvalue weighted by atomic mass is 19.4. The summed E-state index contributed by atoms with van der Waals surface area (Å²) in [5.41, 5.74) is 3.64. The Morgan fingerprint density at radius 1 is 0.943 bits per heavy atom. The zero-order valence-corrected chi connectivity index (χ0v) is 19.0. The molecule has 35 heavy (non-hydrogen) atoms. The van der Waals surface area contributed by atoms with Gasteiger partial charge in [0.05, 0.1) is 5.56 Å². The number of amides is 2. The predicted molar refractivity (Wildman–Crippen MR) is 132 cm³/mol. The van der Waals surface area contributed by atoms with Crippen LogP contribution in [-0.2, 0) is 12.7 Å². The van der Waals surface area contributed by atoms with Crippen molar-refractivity contribution >= 4 is 28.3 Å². The number of nitrogens with one attached hydrogen (secondary N) is 3. The van der Waals surface area contributed by atoms with E-state index in [-0.39, 0.29) is 5.69 Å². The SMILES string of the molecule is O=C(Nc1ccc(-c2c[nH]c3ccccc23)cc1)Nc1cc(C(F)(F)F)ccc1CN1CCCC1. The van der Waals surface area contributed by atoms with Crippen molar-refractivity contribution in [1.82, 2.24) is 9.88 Å². The molecule has 0 saturated carbocycles. The van der Waals surface area contributed by atoms with E-state index in [2.05, 4.69) is 20.5 Å². The summed E-state index contributed by atoms with van der Waals surface area (Å²) < 4.78 is 39.9. The van der Waals surface area contributed by atoms with E-state index in [0.29, 0.717) is 17.8 Å². The van der Waals surface area contributed by atoms with Crippen LogP contribution < -0.4 is 10.6 Å². The van der Waals surface area contributed by atoms with Gasteiger partial charge >= 0.3 is 12.2 Å². The molecule has 0 unspecified atom stereocenters. The molecule has 0 atom stereocenters. The number of hydrogen-bond acceptors (Lipinski definition) is 2. The molecular formula is C27H25F3N4O. The van der Waals surface area contributed by atoms with Gasteiger partial charge in [0, 0.05) is 40.6 Å². The number of aromatic amines is 1. The summed E-state index contributed by atoms with van der Waals surface area (Å²) in [5.74, 6) is 0. The summed E-state index contributed by atoms with van der Waals surface area (Å²) in [7, 11) is 0. The number of fused-ring (bicyclic) bond motifs is 1. The summed E-state index contributed by atoms with van der Waals surface area (Å²) in [6, 6.07) is 18.3. The molecule has 5 nitrogen and oxygen atoms in total. The lowest BCUT2D eigenvalue weighted by molar-refractivity contribution is -0.137. The lowest BCUT2D eigenvalue weighted by Crippen LogP contribution is -2.23. The van der Waals surface area contributed by atoms with Crippen LogP contribution in [0.4, 0.5) is 29.3 Å². The van der Waals surface area contributed by atoms with Gasteiger partial charge in [-0.1, -0.05) is 36.4 Å². The van der Waals surface area contributed by atoms with Gasteiger partial charge in [-0.3, -0.25) is 4.90 Å². The fraction of sp³-hybridized carbons (Fsp3) is 0.222. The first-order valence-electron chi connectivity index (χ1n) is 11.5. The van der Waals surface area contributed by atoms with Gasteiger partial charge in [0.2, 0.25) is 0 Å². The number of para-hydroxylation sites is 1. The summed E-state index contributed by atoms with van der Waals surface area (Å²) >= 11 is 0. The molecule has 0 spiro atoms. The Balaban J connectivity index is 1.32. The molecule has 2 heterocycles. The first-order valence-corrected chi connectivity index (χ1v) is 11.5. The van der Waals surface area contributed by atoms with E-state index in [1.54, 1.807) is 12.1 Å². The number of carbonyl (C=O) groups is 1. The van der Waals surface area contributed by atoms with Crippen LogP contribution in [0, 0.1) is 0 Å². The molecule has 1 saturated heterocycles. The van der Waals surface area contributed by atoms with Crippen LogP contribution >= 0.6 is 0 Å². The first kappa shape index (κ1) is 23.0. The van der Waals surface area contributed by atoms with E-state index < -0.39 is 17.8 Å². The van der Waals surface area contributed by atoms with Crippen LogP contribution in [0.2, 0.25) is 0 Å². The number of H-pyrrole nitrogens is 1. The minimum atomic E-state index is -4.49. The second-order valence-corrected chi connectivity index (χ2v) is 8.76. The lowest BCUT2D eigenvalue weighted by Gasteiger charge is -2.19. The van der Waals surface area contributed by atoms with Crippen LogP contribution in [0.5, 0.6) is 0 Å². The van der Waals surface area contributed by atoms with Gasteiger partial charge in [-0.2, -0.15) is 13.2 Å². The van der Waals surface area contributed by atoms with Crippen LogP contribution in [0.25, 0.3) is 22.0 Å². The lowest BCUT2D eigenvalue weighted by atomic mass is 10.0. The number of alkyl halides is 3. The second kappa shape index (κ2) is 9.46. The molecule has 4 aromatic rings.